The molecule has 0 fully saturated rings. The number of aromatic amines is 1. The normalized spacial score (nSPS) is 10.9. The molecule has 28 heavy (non-hydrogen) atoms. The molecule has 0 unspecified atom stereocenters. The molecular weight excluding hydrogens is 364 g/mol. The standard InChI is InChI=1S/C24H22N2OS/c27-23(17-18-9-3-1-4-10-18)25-16-15-21-20-13-7-8-14-22(20)26-24(21)28-19-11-5-2-6-12-19/h1-14,26H,15-17H2,(H,25,27). The molecule has 0 aliphatic rings. The van der Waals surface area contributed by atoms with E-state index in [1.807, 2.05) is 42.5 Å². The largest absolute Gasteiger partial charge is 0.355 e. The van der Waals surface area contributed by atoms with Crippen molar-refractivity contribution in [3.8, 4) is 0 Å². The highest BCUT2D eigenvalue weighted by Crippen LogP contribution is 2.34. The van der Waals surface area contributed by atoms with Crippen LogP contribution in [0.1, 0.15) is 11.1 Å². The lowest BCUT2D eigenvalue weighted by Crippen LogP contribution is -2.27. The van der Waals surface area contributed by atoms with Gasteiger partial charge in [-0.25, -0.2) is 0 Å². The molecule has 4 rings (SSSR count). The third kappa shape index (κ3) is 4.46. The lowest BCUT2D eigenvalue weighted by molar-refractivity contribution is -0.120. The Balaban J connectivity index is 1.46. The number of carbonyl (C=O) groups is 1. The Kier molecular flexibility index (Phi) is 5.78. The van der Waals surface area contributed by atoms with Crippen LogP contribution in [-0.4, -0.2) is 17.4 Å². The molecule has 3 nitrogen and oxygen atoms in total. The number of benzene rings is 3. The number of rotatable bonds is 7. The van der Waals surface area contributed by atoms with Gasteiger partial charge in [0.1, 0.15) is 0 Å². The summed E-state index contributed by atoms with van der Waals surface area (Å²) in [6.45, 7) is 0.621. The fourth-order valence-electron chi connectivity index (χ4n) is 3.29. The van der Waals surface area contributed by atoms with Gasteiger partial charge in [-0.2, -0.15) is 0 Å². The predicted molar refractivity (Wildman–Crippen MR) is 116 cm³/mol. The number of carbonyl (C=O) groups excluding carboxylic acids is 1. The Morgan fingerprint density at radius 1 is 0.857 bits per heavy atom. The van der Waals surface area contributed by atoms with E-state index in [1.54, 1.807) is 11.8 Å². The molecular formula is C24H22N2OS. The van der Waals surface area contributed by atoms with E-state index < -0.39 is 0 Å². The highest BCUT2D eigenvalue weighted by Gasteiger charge is 2.13. The van der Waals surface area contributed by atoms with Crippen molar-refractivity contribution in [2.45, 2.75) is 22.8 Å². The van der Waals surface area contributed by atoms with Crippen molar-refractivity contribution in [2.75, 3.05) is 6.54 Å². The van der Waals surface area contributed by atoms with Gasteiger partial charge in [0.25, 0.3) is 0 Å². The van der Waals surface area contributed by atoms with Crippen molar-refractivity contribution in [3.63, 3.8) is 0 Å². The van der Waals surface area contributed by atoms with Crippen molar-refractivity contribution in [1.82, 2.24) is 10.3 Å². The molecule has 0 aliphatic heterocycles. The Labute approximate surface area is 169 Å². The number of H-pyrrole nitrogens is 1. The van der Waals surface area contributed by atoms with Gasteiger partial charge in [0.05, 0.1) is 11.4 Å². The zero-order chi connectivity index (χ0) is 19.2. The first kappa shape index (κ1) is 18.4. The van der Waals surface area contributed by atoms with Gasteiger partial charge < -0.3 is 10.3 Å². The van der Waals surface area contributed by atoms with Crippen LogP contribution in [0.25, 0.3) is 10.9 Å². The van der Waals surface area contributed by atoms with Crippen LogP contribution in [0.3, 0.4) is 0 Å². The van der Waals surface area contributed by atoms with E-state index in [0.29, 0.717) is 13.0 Å². The SMILES string of the molecule is O=C(Cc1ccccc1)NCCc1c(Sc2ccccc2)[nH]c2ccccc12. The molecule has 1 amide bonds. The average molecular weight is 387 g/mol. The molecule has 0 aliphatic carbocycles. The molecule has 0 spiro atoms. The van der Waals surface area contributed by atoms with Gasteiger partial charge in [-0.1, -0.05) is 78.5 Å². The number of amides is 1. The molecule has 140 valence electrons. The van der Waals surface area contributed by atoms with Crippen molar-refractivity contribution < 1.29 is 4.79 Å². The molecule has 0 atom stereocenters. The Hall–Kier alpha value is -2.98. The summed E-state index contributed by atoms with van der Waals surface area (Å²) in [5.41, 5.74) is 3.42. The lowest BCUT2D eigenvalue weighted by atomic mass is 10.1. The van der Waals surface area contributed by atoms with Crippen LogP contribution in [0.5, 0.6) is 0 Å². The van der Waals surface area contributed by atoms with Gasteiger partial charge in [-0.05, 0) is 35.7 Å². The van der Waals surface area contributed by atoms with Crippen molar-refractivity contribution in [1.29, 1.82) is 0 Å². The molecule has 0 radical (unpaired) electrons. The van der Waals surface area contributed by atoms with Gasteiger partial charge in [-0.3, -0.25) is 4.79 Å². The summed E-state index contributed by atoms with van der Waals surface area (Å²) in [7, 11) is 0. The van der Waals surface area contributed by atoms with E-state index in [2.05, 4.69) is 52.8 Å². The number of nitrogens with one attached hydrogen (secondary N) is 2. The van der Waals surface area contributed by atoms with Gasteiger partial charge in [0, 0.05) is 22.3 Å². The van der Waals surface area contributed by atoms with Crippen molar-refractivity contribution >= 4 is 28.6 Å². The summed E-state index contributed by atoms with van der Waals surface area (Å²) >= 11 is 1.73. The van der Waals surface area contributed by atoms with Crippen molar-refractivity contribution in [3.05, 3.63) is 96.1 Å². The molecule has 4 heteroatoms. The van der Waals surface area contributed by atoms with E-state index >= 15 is 0 Å². The molecule has 4 aromatic rings. The maximum atomic E-state index is 12.3. The highest BCUT2D eigenvalue weighted by molar-refractivity contribution is 7.99. The zero-order valence-corrected chi connectivity index (χ0v) is 16.3. The third-order valence-electron chi connectivity index (χ3n) is 4.64. The topological polar surface area (TPSA) is 44.9 Å². The molecule has 3 aromatic carbocycles. The number of fused-ring (bicyclic) bond motifs is 1. The second-order valence-corrected chi connectivity index (χ2v) is 7.74. The summed E-state index contributed by atoms with van der Waals surface area (Å²) < 4.78 is 0. The van der Waals surface area contributed by atoms with Crippen LogP contribution in [0.15, 0.2) is 94.9 Å². The first-order valence-corrected chi connectivity index (χ1v) is 10.2. The molecule has 1 aromatic heterocycles. The van der Waals surface area contributed by atoms with Crippen LogP contribution in [0, 0.1) is 0 Å². The van der Waals surface area contributed by atoms with Gasteiger partial charge in [-0.15, -0.1) is 0 Å². The summed E-state index contributed by atoms with van der Waals surface area (Å²) in [5.74, 6) is 0.0586. The second kappa shape index (κ2) is 8.81. The van der Waals surface area contributed by atoms with Crippen LogP contribution in [-0.2, 0) is 17.6 Å². The van der Waals surface area contributed by atoms with Gasteiger partial charge in [0.2, 0.25) is 5.91 Å². The predicted octanol–water partition coefficient (Wildman–Crippen LogP) is 5.22. The summed E-state index contributed by atoms with van der Waals surface area (Å²) in [6.07, 6.45) is 1.21. The van der Waals surface area contributed by atoms with E-state index in [-0.39, 0.29) is 5.91 Å². The van der Waals surface area contributed by atoms with Crippen LogP contribution in [0.4, 0.5) is 0 Å². The Morgan fingerprint density at radius 2 is 1.54 bits per heavy atom. The lowest BCUT2D eigenvalue weighted by Gasteiger charge is -2.07. The summed E-state index contributed by atoms with van der Waals surface area (Å²) in [6, 6.07) is 28.5. The molecule has 1 heterocycles. The number of para-hydroxylation sites is 1. The average Bonchev–Trinajstić information content (AvgIpc) is 3.07. The van der Waals surface area contributed by atoms with Crippen LogP contribution < -0.4 is 5.32 Å². The molecule has 0 bridgehead atoms. The number of hydrogen-bond acceptors (Lipinski definition) is 2. The van der Waals surface area contributed by atoms with Crippen molar-refractivity contribution in [2.24, 2.45) is 0 Å². The van der Waals surface area contributed by atoms with E-state index in [0.717, 1.165) is 22.5 Å². The molecule has 2 N–H and O–H groups in total. The fraction of sp³-hybridized carbons (Fsp3) is 0.125. The maximum Gasteiger partial charge on any atom is 0.224 e. The third-order valence-corrected chi connectivity index (χ3v) is 5.70. The fourth-order valence-corrected chi connectivity index (χ4v) is 4.31. The summed E-state index contributed by atoms with van der Waals surface area (Å²) in [5, 5.41) is 5.43. The van der Waals surface area contributed by atoms with Gasteiger partial charge >= 0.3 is 0 Å². The minimum atomic E-state index is 0.0586. The quantitative estimate of drug-likeness (QED) is 0.457. The molecule has 0 saturated carbocycles. The Morgan fingerprint density at radius 3 is 2.32 bits per heavy atom. The van der Waals surface area contributed by atoms with E-state index in [1.165, 1.54) is 15.8 Å². The maximum absolute atomic E-state index is 12.3. The summed E-state index contributed by atoms with van der Waals surface area (Å²) in [4.78, 5) is 17.0. The van der Waals surface area contributed by atoms with E-state index in [9.17, 15) is 4.79 Å². The zero-order valence-electron chi connectivity index (χ0n) is 15.5. The first-order valence-electron chi connectivity index (χ1n) is 9.43. The Bertz CT molecular complexity index is 1060. The number of hydrogen-bond donors (Lipinski definition) is 2. The number of aromatic nitrogens is 1. The minimum Gasteiger partial charge on any atom is -0.355 e. The van der Waals surface area contributed by atoms with E-state index in [4.69, 9.17) is 0 Å². The highest BCUT2D eigenvalue weighted by atomic mass is 32.2. The van der Waals surface area contributed by atoms with Crippen LogP contribution >= 0.6 is 11.8 Å². The first-order chi connectivity index (χ1) is 13.8. The molecule has 0 saturated heterocycles. The smallest absolute Gasteiger partial charge is 0.224 e. The second-order valence-electron chi connectivity index (χ2n) is 6.66. The van der Waals surface area contributed by atoms with Crippen LogP contribution in [0.2, 0.25) is 0 Å². The monoisotopic (exact) mass is 386 g/mol. The minimum absolute atomic E-state index is 0.0586. The van der Waals surface area contributed by atoms with Gasteiger partial charge in [0.15, 0.2) is 0 Å².